The second-order valence-electron chi connectivity index (χ2n) is 1.56. The fourth-order valence-corrected chi connectivity index (χ4v) is 4.12. The third kappa shape index (κ3) is 1.81. The van der Waals surface area contributed by atoms with E-state index in [4.69, 9.17) is 0 Å². The predicted molar refractivity (Wildman–Crippen MR) is 62.2 cm³/mol. The van der Waals surface area contributed by atoms with Crippen LogP contribution in [0.4, 0.5) is 0 Å². The minimum Gasteiger partial charge on any atom is -0.131 e. The quantitative estimate of drug-likeness (QED) is 0.547. The van der Waals surface area contributed by atoms with E-state index in [-0.39, 0.29) is 0 Å². The highest BCUT2D eigenvalue weighted by molar-refractivity contribution is 14.1. The topological polar surface area (TPSA) is 0 Å². The van der Waals surface area contributed by atoms with Crippen molar-refractivity contribution in [1.82, 2.24) is 0 Å². The van der Waals surface area contributed by atoms with Crippen molar-refractivity contribution in [3.63, 3.8) is 0 Å². The van der Waals surface area contributed by atoms with E-state index in [0.717, 1.165) is 0 Å². The summed E-state index contributed by atoms with van der Waals surface area (Å²) in [4.78, 5) is 1.40. The van der Waals surface area contributed by atoms with Crippen molar-refractivity contribution in [2.75, 3.05) is 0 Å². The highest BCUT2D eigenvalue weighted by Gasteiger charge is 2.07. The van der Waals surface area contributed by atoms with Crippen LogP contribution in [0.15, 0.2) is 3.79 Å². The van der Waals surface area contributed by atoms with Gasteiger partial charge in [0.05, 0.1) is 7.36 Å². The van der Waals surface area contributed by atoms with Crippen LogP contribution in [-0.2, 0) is 0 Å². The van der Waals surface area contributed by atoms with Crippen molar-refractivity contribution in [1.29, 1.82) is 0 Å². The molecular formula is C5H3BrI2S. The largest absolute Gasteiger partial charge is 0.131 e. The highest BCUT2D eigenvalue weighted by Crippen LogP contribution is 2.34. The predicted octanol–water partition coefficient (Wildman–Crippen LogP) is 4.03. The van der Waals surface area contributed by atoms with E-state index in [0.29, 0.717) is 0 Å². The molecule has 0 aliphatic rings. The standard InChI is InChI=1S/C5H3BrI2S/c1-2-3(7)4(8)5(6)9-2/h1H3. The molecule has 0 amide bonds. The van der Waals surface area contributed by atoms with Gasteiger partial charge in [0, 0.05) is 8.45 Å². The Balaban J connectivity index is 3.29. The maximum atomic E-state index is 3.47. The van der Waals surface area contributed by atoms with Crippen LogP contribution in [0.5, 0.6) is 0 Å². The third-order valence-corrected chi connectivity index (χ3v) is 7.63. The molecule has 0 unspecified atom stereocenters. The molecule has 0 bridgehead atoms. The Morgan fingerprint density at radius 1 is 1.33 bits per heavy atom. The lowest BCUT2D eigenvalue weighted by Gasteiger charge is -1.83. The van der Waals surface area contributed by atoms with Gasteiger partial charge in [-0.1, -0.05) is 0 Å². The van der Waals surface area contributed by atoms with Gasteiger partial charge in [0.25, 0.3) is 0 Å². The summed E-state index contributed by atoms with van der Waals surface area (Å²) < 4.78 is 3.98. The number of rotatable bonds is 0. The molecule has 0 aliphatic heterocycles. The van der Waals surface area contributed by atoms with E-state index in [2.05, 4.69) is 68.0 Å². The Kier molecular flexibility index (Phi) is 3.26. The van der Waals surface area contributed by atoms with Gasteiger partial charge in [-0.05, 0) is 68.0 Å². The van der Waals surface area contributed by atoms with Crippen molar-refractivity contribution in [2.24, 2.45) is 0 Å². The molecule has 50 valence electrons. The number of halogens is 3. The van der Waals surface area contributed by atoms with Crippen LogP contribution >= 0.6 is 72.4 Å². The average Bonchev–Trinajstić information content (AvgIpc) is 1.98. The summed E-state index contributed by atoms with van der Waals surface area (Å²) in [6.45, 7) is 2.14. The Bertz CT molecular complexity index is 209. The lowest BCUT2D eigenvalue weighted by Crippen LogP contribution is -1.69. The summed E-state index contributed by atoms with van der Waals surface area (Å²) >= 11 is 9.98. The summed E-state index contributed by atoms with van der Waals surface area (Å²) in [5.74, 6) is 0. The molecule has 1 heterocycles. The molecule has 0 spiro atoms. The van der Waals surface area contributed by atoms with E-state index in [1.807, 2.05) is 0 Å². The van der Waals surface area contributed by atoms with E-state index < -0.39 is 0 Å². The van der Waals surface area contributed by atoms with Gasteiger partial charge in [-0.25, -0.2) is 0 Å². The number of aryl methyl sites for hydroxylation is 1. The van der Waals surface area contributed by atoms with Gasteiger partial charge >= 0.3 is 0 Å². The van der Waals surface area contributed by atoms with Crippen LogP contribution in [0.2, 0.25) is 0 Å². The first kappa shape index (κ1) is 8.73. The summed E-state index contributed by atoms with van der Waals surface area (Å²) in [6, 6.07) is 0. The van der Waals surface area contributed by atoms with Gasteiger partial charge in [0.2, 0.25) is 0 Å². The fraction of sp³-hybridized carbons (Fsp3) is 0.200. The summed E-state index contributed by atoms with van der Waals surface area (Å²) in [5.41, 5.74) is 0. The molecule has 0 saturated carbocycles. The number of thiophene rings is 1. The lowest BCUT2D eigenvalue weighted by atomic mass is 10.5. The molecular weight excluding hydrogens is 426 g/mol. The van der Waals surface area contributed by atoms with E-state index in [1.54, 1.807) is 11.3 Å². The molecule has 0 atom stereocenters. The zero-order chi connectivity index (χ0) is 7.02. The van der Waals surface area contributed by atoms with Gasteiger partial charge in [-0.3, -0.25) is 0 Å². The second-order valence-corrected chi connectivity index (χ2v) is 6.26. The maximum Gasteiger partial charge on any atom is 0.0845 e. The molecule has 9 heavy (non-hydrogen) atoms. The summed E-state index contributed by atoms with van der Waals surface area (Å²) in [7, 11) is 0. The van der Waals surface area contributed by atoms with Crippen LogP contribution in [0.3, 0.4) is 0 Å². The van der Waals surface area contributed by atoms with Crippen molar-refractivity contribution < 1.29 is 0 Å². The van der Waals surface area contributed by atoms with Crippen LogP contribution in [0.1, 0.15) is 4.88 Å². The van der Waals surface area contributed by atoms with E-state index >= 15 is 0 Å². The summed E-state index contributed by atoms with van der Waals surface area (Å²) in [6.07, 6.45) is 0. The molecule has 0 N–H and O–H groups in total. The molecule has 4 heteroatoms. The van der Waals surface area contributed by atoms with Gasteiger partial charge < -0.3 is 0 Å². The van der Waals surface area contributed by atoms with Crippen molar-refractivity contribution in [3.8, 4) is 0 Å². The smallest absolute Gasteiger partial charge is 0.0845 e. The Morgan fingerprint density at radius 2 is 1.89 bits per heavy atom. The molecule has 0 fully saturated rings. The van der Waals surface area contributed by atoms with Crippen LogP contribution < -0.4 is 0 Å². The normalized spacial score (nSPS) is 10.2. The van der Waals surface area contributed by atoms with Gasteiger partial charge in [-0.2, -0.15) is 0 Å². The third-order valence-electron chi connectivity index (χ3n) is 0.917. The van der Waals surface area contributed by atoms with Crippen molar-refractivity contribution >= 4 is 72.4 Å². The number of hydrogen-bond donors (Lipinski definition) is 0. The van der Waals surface area contributed by atoms with E-state index in [9.17, 15) is 0 Å². The molecule has 0 radical (unpaired) electrons. The zero-order valence-corrected chi connectivity index (χ0v) is 11.3. The maximum absolute atomic E-state index is 3.47. The van der Waals surface area contributed by atoms with Crippen LogP contribution in [0, 0.1) is 14.1 Å². The highest BCUT2D eigenvalue weighted by atomic mass is 127. The SMILES string of the molecule is Cc1sc(Br)c(I)c1I. The first-order valence-electron chi connectivity index (χ1n) is 2.23. The Labute approximate surface area is 93.8 Å². The number of hydrogen-bond acceptors (Lipinski definition) is 1. The second kappa shape index (κ2) is 3.36. The van der Waals surface area contributed by atoms with Crippen LogP contribution in [0.25, 0.3) is 0 Å². The molecule has 1 rings (SSSR count). The molecule has 0 aromatic carbocycles. The molecule has 1 aromatic heterocycles. The van der Waals surface area contributed by atoms with Crippen molar-refractivity contribution in [3.05, 3.63) is 15.8 Å². The lowest BCUT2D eigenvalue weighted by molar-refractivity contribution is 1.55. The fourth-order valence-electron chi connectivity index (χ4n) is 0.465. The van der Waals surface area contributed by atoms with Crippen molar-refractivity contribution in [2.45, 2.75) is 6.92 Å². The molecule has 1 aromatic rings. The molecule has 0 aliphatic carbocycles. The van der Waals surface area contributed by atoms with Gasteiger partial charge in [0.1, 0.15) is 0 Å². The average molecular weight is 429 g/mol. The monoisotopic (exact) mass is 428 g/mol. The first-order valence-corrected chi connectivity index (χ1v) is 5.99. The molecule has 0 saturated heterocycles. The first-order chi connectivity index (χ1) is 4.13. The zero-order valence-electron chi connectivity index (χ0n) is 4.54. The van der Waals surface area contributed by atoms with Gasteiger partial charge in [-0.15, -0.1) is 11.3 Å². The van der Waals surface area contributed by atoms with Crippen LogP contribution in [-0.4, -0.2) is 0 Å². The van der Waals surface area contributed by atoms with E-state index in [1.165, 1.54) is 15.8 Å². The minimum absolute atomic E-state index is 1.25. The Morgan fingerprint density at radius 3 is 2.00 bits per heavy atom. The van der Waals surface area contributed by atoms with Gasteiger partial charge in [0.15, 0.2) is 0 Å². The molecule has 0 nitrogen and oxygen atoms in total. The Hall–Kier alpha value is 1.64. The minimum atomic E-state index is 1.25. The summed E-state index contributed by atoms with van der Waals surface area (Å²) in [5, 5.41) is 0.